The molecule has 2 heterocycles. The third-order valence-electron chi connectivity index (χ3n) is 2.18. The molecule has 0 radical (unpaired) electrons. The highest BCUT2D eigenvalue weighted by molar-refractivity contribution is 9.10. The third kappa shape index (κ3) is 1.72. The summed E-state index contributed by atoms with van der Waals surface area (Å²) < 4.78 is 0.948. The van der Waals surface area contributed by atoms with Crippen molar-refractivity contribution >= 4 is 27.5 Å². The van der Waals surface area contributed by atoms with E-state index in [0.29, 0.717) is 11.8 Å². The maximum Gasteiger partial charge on any atom is 0.124 e. The quantitative estimate of drug-likeness (QED) is 0.828. The van der Waals surface area contributed by atoms with Gasteiger partial charge in [0.1, 0.15) is 5.84 Å². The zero-order chi connectivity index (χ0) is 10.1. The molecule has 4 nitrogen and oxygen atoms in total. The van der Waals surface area contributed by atoms with E-state index in [9.17, 15) is 0 Å². The van der Waals surface area contributed by atoms with Gasteiger partial charge in [-0.2, -0.15) is 5.10 Å². The summed E-state index contributed by atoms with van der Waals surface area (Å²) in [6, 6.07) is 1.97. The van der Waals surface area contributed by atoms with E-state index in [4.69, 9.17) is 5.73 Å². The lowest BCUT2D eigenvalue weighted by molar-refractivity contribution is 0.771. The topological polar surface area (TPSA) is 54.5 Å². The molecule has 0 aliphatic carbocycles. The number of hydrazone groups is 1. The van der Waals surface area contributed by atoms with Crippen molar-refractivity contribution in [2.75, 3.05) is 11.6 Å². The molecule has 74 valence electrons. The van der Waals surface area contributed by atoms with E-state index in [2.05, 4.69) is 32.9 Å². The van der Waals surface area contributed by atoms with Crippen molar-refractivity contribution in [3.63, 3.8) is 0 Å². The first-order chi connectivity index (χ1) is 6.66. The lowest BCUT2D eigenvalue weighted by Crippen LogP contribution is -2.20. The fourth-order valence-corrected chi connectivity index (χ4v) is 1.69. The van der Waals surface area contributed by atoms with Crippen LogP contribution < -0.4 is 10.7 Å². The van der Waals surface area contributed by atoms with Crippen molar-refractivity contribution in [3.05, 3.63) is 22.9 Å². The largest absolute Gasteiger partial charge is 0.385 e. The van der Waals surface area contributed by atoms with Crippen LogP contribution in [0.5, 0.6) is 0 Å². The van der Waals surface area contributed by atoms with Crippen LogP contribution in [-0.2, 0) is 0 Å². The van der Waals surface area contributed by atoms with Crippen LogP contribution in [0, 0.1) is 5.92 Å². The molecule has 0 spiro atoms. The second-order valence-corrected chi connectivity index (χ2v) is 4.29. The Balaban J connectivity index is 2.26. The minimum Gasteiger partial charge on any atom is -0.385 e. The minimum absolute atomic E-state index is 0.314. The lowest BCUT2D eigenvalue weighted by atomic mass is 10.2. The number of amidine groups is 1. The van der Waals surface area contributed by atoms with Crippen LogP contribution in [0.15, 0.2) is 28.0 Å². The van der Waals surface area contributed by atoms with Gasteiger partial charge in [-0.3, -0.25) is 9.99 Å². The van der Waals surface area contributed by atoms with E-state index >= 15 is 0 Å². The molecule has 0 bridgehead atoms. The van der Waals surface area contributed by atoms with E-state index in [1.54, 1.807) is 12.4 Å². The monoisotopic (exact) mass is 254 g/mol. The first-order valence-electron chi connectivity index (χ1n) is 4.39. The third-order valence-corrected chi connectivity index (χ3v) is 2.61. The number of anilines is 1. The van der Waals surface area contributed by atoms with Crippen LogP contribution in [0.1, 0.15) is 6.92 Å². The molecule has 1 aromatic rings. The second-order valence-electron chi connectivity index (χ2n) is 3.37. The van der Waals surface area contributed by atoms with Crippen molar-refractivity contribution in [2.45, 2.75) is 6.92 Å². The van der Waals surface area contributed by atoms with Gasteiger partial charge in [-0.1, -0.05) is 6.92 Å². The fraction of sp³-hybridized carbons (Fsp3) is 0.333. The molecule has 1 aliphatic rings. The predicted octanol–water partition coefficient (Wildman–Crippen LogP) is 1.57. The molecule has 0 fully saturated rings. The van der Waals surface area contributed by atoms with Crippen LogP contribution in [0.2, 0.25) is 0 Å². The Bertz CT molecular complexity index is 377. The second kappa shape index (κ2) is 3.57. The standard InChI is InChI=1S/C9H11BrN4/c1-6-5-14(13-9(6)11)8-2-7(10)3-12-4-8/h2-4,6H,5H2,1H3,(H2,11,13). The zero-order valence-corrected chi connectivity index (χ0v) is 9.40. The lowest BCUT2D eigenvalue weighted by Gasteiger charge is -2.13. The molecule has 0 amide bonds. The Morgan fingerprint density at radius 3 is 2.93 bits per heavy atom. The van der Waals surface area contributed by atoms with Gasteiger partial charge in [-0.05, 0) is 22.0 Å². The number of nitrogens with zero attached hydrogens (tertiary/aromatic N) is 3. The number of pyridine rings is 1. The maximum absolute atomic E-state index is 5.72. The summed E-state index contributed by atoms with van der Waals surface area (Å²) in [5.74, 6) is 0.999. The molecule has 2 rings (SSSR count). The number of hydrogen-bond donors (Lipinski definition) is 1. The smallest absolute Gasteiger partial charge is 0.124 e. The van der Waals surface area contributed by atoms with E-state index in [1.807, 2.05) is 11.1 Å². The molecule has 5 heteroatoms. The van der Waals surface area contributed by atoms with Crippen molar-refractivity contribution in [1.82, 2.24) is 4.98 Å². The van der Waals surface area contributed by atoms with Gasteiger partial charge in [0.25, 0.3) is 0 Å². The number of rotatable bonds is 1. The Labute approximate surface area is 90.9 Å². The summed E-state index contributed by atoms with van der Waals surface area (Å²) >= 11 is 3.37. The minimum atomic E-state index is 0.314. The fourth-order valence-electron chi connectivity index (χ4n) is 1.34. The highest BCUT2D eigenvalue weighted by atomic mass is 79.9. The Morgan fingerprint density at radius 1 is 1.57 bits per heavy atom. The van der Waals surface area contributed by atoms with Gasteiger partial charge in [-0.15, -0.1) is 0 Å². The normalized spacial score (nSPS) is 21.1. The average Bonchev–Trinajstić information content (AvgIpc) is 2.47. The number of aromatic nitrogens is 1. The summed E-state index contributed by atoms with van der Waals surface area (Å²) in [5.41, 5.74) is 6.68. The van der Waals surface area contributed by atoms with Gasteiger partial charge in [0.05, 0.1) is 18.4 Å². The van der Waals surface area contributed by atoms with E-state index in [-0.39, 0.29) is 0 Å². The number of halogens is 1. The molecule has 1 unspecified atom stereocenters. The molecular formula is C9H11BrN4. The molecule has 1 atom stereocenters. The van der Waals surface area contributed by atoms with Crippen LogP contribution >= 0.6 is 15.9 Å². The summed E-state index contributed by atoms with van der Waals surface area (Å²) in [6.45, 7) is 2.88. The molecule has 14 heavy (non-hydrogen) atoms. The Morgan fingerprint density at radius 2 is 2.36 bits per heavy atom. The van der Waals surface area contributed by atoms with E-state index in [0.717, 1.165) is 16.7 Å². The Kier molecular flexibility index (Phi) is 2.41. The van der Waals surface area contributed by atoms with Gasteiger partial charge in [0.15, 0.2) is 0 Å². The summed E-state index contributed by atoms with van der Waals surface area (Å²) in [7, 11) is 0. The van der Waals surface area contributed by atoms with Gasteiger partial charge in [-0.25, -0.2) is 0 Å². The van der Waals surface area contributed by atoms with E-state index in [1.165, 1.54) is 0 Å². The number of hydrogen-bond acceptors (Lipinski definition) is 4. The van der Waals surface area contributed by atoms with Gasteiger partial charge >= 0.3 is 0 Å². The van der Waals surface area contributed by atoms with Crippen LogP contribution in [-0.4, -0.2) is 17.4 Å². The molecule has 0 saturated heterocycles. The van der Waals surface area contributed by atoms with Gasteiger partial charge < -0.3 is 5.73 Å². The Hall–Kier alpha value is -1.10. The van der Waals surface area contributed by atoms with Crippen LogP contribution in [0.3, 0.4) is 0 Å². The summed E-state index contributed by atoms with van der Waals surface area (Å²) in [5, 5.41) is 6.12. The molecule has 0 aromatic carbocycles. The summed E-state index contributed by atoms with van der Waals surface area (Å²) in [6.07, 6.45) is 3.52. The van der Waals surface area contributed by atoms with Crippen molar-refractivity contribution in [3.8, 4) is 0 Å². The highest BCUT2D eigenvalue weighted by Crippen LogP contribution is 2.22. The average molecular weight is 255 g/mol. The van der Waals surface area contributed by atoms with Crippen molar-refractivity contribution < 1.29 is 0 Å². The highest BCUT2D eigenvalue weighted by Gasteiger charge is 2.21. The molecule has 1 aliphatic heterocycles. The van der Waals surface area contributed by atoms with Crippen LogP contribution in [0.4, 0.5) is 5.69 Å². The van der Waals surface area contributed by atoms with Gasteiger partial charge in [0.2, 0.25) is 0 Å². The predicted molar refractivity (Wildman–Crippen MR) is 60.1 cm³/mol. The molecule has 0 saturated carbocycles. The first-order valence-corrected chi connectivity index (χ1v) is 5.18. The first kappa shape index (κ1) is 9.45. The van der Waals surface area contributed by atoms with Crippen LogP contribution in [0.25, 0.3) is 0 Å². The summed E-state index contributed by atoms with van der Waals surface area (Å²) in [4.78, 5) is 4.08. The van der Waals surface area contributed by atoms with E-state index < -0.39 is 0 Å². The van der Waals surface area contributed by atoms with Crippen molar-refractivity contribution in [2.24, 2.45) is 16.8 Å². The maximum atomic E-state index is 5.72. The number of nitrogens with two attached hydrogens (primary N) is 1. The van der Waals surface area contributed by atoms with Crippen molar-refractivity contribution in [1.29, 1.82) is 0 Å². The SMILES string of the molecule is CC1CN(c2cncc(Br)c2)N=C1N. The molecule has 1 aromatic heterocycles. The molecular weight excluding hydrogens is 244 g/mol. The molecule has 2 N–H and O–H groups in total. The van der Waals surface area contributed by atoms with Gasteiger partial charge in [0, 0.05) is 16.6 Å². The zero-order valence-electron chi connectivity index (χ0n) is 7.81.